The average molecular weight is 501 g/mol. The summed E-state index contributed by atoms with van der Waals surface area (Å²) in [6.07, 6.45) is 3.52. The number of fused-ring (bicyclic) bond motifs is 2. The number of benzene rings is 3. The molecule has 3 unspecified atom stereocenters. The summed E-state index contributed by atoms with van der Waals surface area (Å²) in [6.45, 7) is 0.981. The molecule has 0 bridgehead atoms. The Morgan fingerprint density at radius 1 is 0.919 bits per heavy atom. The van der Waals surface area contributed by atoms with E-state index in [0.717, 1.165) is 23.2 Å². The van der Waals surface area contributed by atoms with Crippen LogP contribution in [-0.4, -0.2) is 56.5 Å². The van der Waals surface area contributed by atoms with Gasteiger partial charge >= 0.3 is 0 Å². The average Bonchev–Trinajstić information content (AvgIpc) is 3.71. The Bertz CT molecular complexity index is 1570. The first kappa shape index (κ1) is 22.1. The molecule has 1 N–H and O–H groups in total. The Balaban J connectivity index is 1.15. The Kier molecular flexibility index (Phi) is 5.22. The molecule has 0 amide bonds. The SMILES string of the molecule is Fc1cc2[nH]c(OC3COC4CCOC43)nc2c(F)c1-c1ccc(-c2ccc(-n3nccn3)cc2)cc1. The third-order valence-corrected chi connectivity index (χ3v) is 6.85. The molecule has 0 spiro atoms. The van der Waals surface area contributed by atoms with Crippen molar-refractivity contribution >= 4 is 11.0 Å². The van der Waals surface area contributed by atoms with Crippen LogP contribution in [0.1, 0.15) is 6.42 Å². The number of imidazole rings is 1. The molecule has 2 saturated heterocycles. The lowest BCUT2D eigenvalue weighted by molar-refractivity contribution is 0.0273. The summed E-state index contributed by atoms with van der Waals surface area (Å²) in [5.74, 6) is -1.44. The predicted octanol–water partition coefficient (Wildman–Crippen LogP) is 4.69. The highest BCUT2D eigenvalue weighted by molar-refractivity contribution is 5.84. The van der Waals surface area contributed by atoms with Crippen LogP contribution in [0.15, 0.2) is 67.0 Å². The second kappa shape index (κ2) is 8.75. The molecule has 5 aromatic rings. The minimum Gasteiger partial charge on any atom is -0.456 e. The fourth-order valence-corrected chi connectivity index (χ4v) is 5.02. The van der Waals surface area contributed by atoms with Gasteiger partial charge in [-0.05, 0) is 35.2 Å². The van der Waals surface area contributed by atoms with E-state index in [4.69, 9.17) is 14.2 Å². The van der Waals surface area contributed by atoms with Crippen LogP contribution in [-0.2, 0) is 9.47 Å². The van der Waals surface area contributed by atoms with Crippen LogP contribution in [0.25, 0.3) is 39.0 Å². The zero-order valence-corrected chi connectivity index (χ0v) is 19.5. The van der Waals surface area contributed by atoms with Crippen LogP contribution in [0.2, 0.25) is 0 Å². The van der Waals surface area contributed by atoms with Gasteiger partial charge in [0.15, 0.2) is 11.9 Å². The van der Waals surface area contributed by atoms with Crippen molar-refractivity contribution in [3.05, 3.63) is 78.6 Å². The minimum absolute atomic E-state index is 0.00414. The number of halogens is 2. The van der Waals surface area contributed by atoms with E-state index in [1.54, 1.807) is 24.5 Å². The van der Waals surface area contributed by atoms with Crippen molar-refractivity contribution in [3.8, 4) is 34.0 Å². The first-order valence-corrected chi connectivity index (χ1v) is 12.0. The molecular weight excluding hydrogens is 480 g/mol. The second-order valence-electron chi connectivity index (χ2n) is 9.08. The number of nitrogens with one attached hydrogen (secondary N) is 1. The summed E-state index contributed by atoms with van der Waals surface area (Å²) in [4.78, 5) is 8.67. The molecule has 0 radical (unpaired) electrons. The quantitative estimate of drug-likeness (QED) is 0.376. The Morgan fingerprint density at radius 3 is 2.38 bits per heavy atom. The van der Waals surface area contributed by atoms with Gasteiger partial charge in [-0.15, -0.1) is 0 Å². The molecule has 4 heterocycles. The topological polar surface area (TPSA) is 87.1 Å². The lowest BCUT2D eigenvalue weighted by Gasteiger charge is -2.15. The van der Waals surface area contributed by atoms with Gasteiger partial charge < -0.3 is 19.2 Å². The van der Waals surface area contributed by atoms with Gasteiger partial charge in [0, 0.05) is 12.7 Å². The zero-order chi connectivity index (χ0) is 24.9. The molecule has 8 nitrogen and oxygen atoms in total. The van der Waals surface area contributed by atoms with Crippen LogP contribution < -0.4 is 4.74 Å². The van der Waals surface area contributed by atoms with Crippen molar-refractivity contribution in [2.24, 2.45) is 0 Å². The van der Waals surface area contributed by atoms with Crippen LogP contribution in [0.5, 0.6) is 6.01 Å². The van der Waals surface area contributed by atoms with E-state index in [1.165, 1.54) is 10.9 Å². The molecule has 0 aliphatic carbocycles. The smallest absolute Gasteiger partial charge is 0.295 e. The van der Waals surface area contributed by atoms with Crippen molar-refractivity contribution in [3.63, 3.8) is 0 Å². The number of H-pyrrole nitrogens is 1. The van der Waals surface area contributed by atoms with E-state index in [0.29, 0.717) is 18.8 Å². The molecule has 2 aliphatic heterocycles. The third-order valence-electron chi connectivity index (χ3n) is 6.85. The lowest BCUT2D eigenvalue weighted by atomic mass is 9.99. The first-order valence-electron chi connectivity index (χ1n) is 12.0. The molecule has 3 atom stereocenters. The first-order chi connectivity index (χ1) is 18.1. The minimum atomic E-state index is -0.748. The number of aromatic amines is 1. The predicted molar refractivity (Wildman–Crippen MR) is 130 cm³/mol. The van der Waals surface area contributed by atoms with E-state index in [9.17, 15) is 0 Å². The summed E-state index contributed by atoms with van der Waals surface area (Å²) in [7, 11) is 0. The molecule has 2 aliphatic rings. The molecule has 3 aromatic carbocycles. The van der Waals surface area contributed by atoms with Gasteiger partial charge in [0.05, 0.1) is 41.9 Å². The third kappa shape index (κ3) is 3.85. The van der Waals surface area contributed by atoms with E-state index >= 15 is 8.78 Å². The Morgan fingerprint density at radius 2 is 1.62 bits per heavy atom. The van der Waals surface area contributed by atoms with Crippen molar-refractivity contribution in [2.75, 3.05) is 13.2 Å². The summed E-state index contributed by atoms with van der Waals surface area (Å²) in [6, 6.07) is 16.1. The molecular formula is C27H21F2N5O3. The fourth-order valence-electron chi connectivity index (χ4n) is 5.02. The largest absolute Gasteiger partial charge is 0.456 e. The maximum absolute atomic E-state index is 15.5. The Hall–Kier alpha value is -4.15. The van der Waals surface area contributed by atoms with Crippen LogP contribution in [0.3, 0.4) is 0 Å². The number of aromatic nitrogens is 5. The standard InChI is InChI=1S/C27H21F2N5O3/c28-19-13-20-25(33-27(32-20)37-22-14-36-21-9-12-35-26(21)22)24(29)23(19)17-3-1-15(2-4-17)16-5-7-18(8-6-16)34-30-10-11-31-34/h1-8,10-11,13,21-22,26H,9,12,14H2,(H,32,33). The van der Waals surface area contributed by atoms with Gasteiger partial charge in [0.2, 0.25) is 0 Å². The normalized spacial score (nSPS) is 21.0. The van der Waals surface area contributed by atoms with Gasteiger partial charge in [-0.25, -0.2) is 8.78 Å². The van der Waals surface area contributed by atoms with E-state index in [2.05, 4.69) is 20.2 Å². The fraction of sp³-hybridized carbons (Fsp3) is 0.222. The second-order valence-corrected chi connectivity index (χ2v) is 9.08. The highest BCUT2D eigenvalue weighted by atomic mass is 19.1. The summed E-state index contributed by atoms with van der Waals surface area (Å²) < 4.78 is 47.9. The van der Waals surface area contributed by atoms with Gasteiger partial charge in [-0.1, -0.05) is 36.4 Å². The monoisotopic (exact) mass is 501 g/mol. The number of nitrogens with zero attached hydrogens (tertiary/aromatic N) is 4. The van der Waals surface area contributed by atoms with Gasteiger partial charge in [0.25, 0.3) is 6.01 Å². The maximum atomic E-state index is 15.5. The van der Waals surface area contributed by atoms with Crippen LogP contribution >= 0.6 is 0 Å². The molecule has 0 saturated carbocycles. The van der Waals surface area contributed by atoms with E-state index in [-0.39, 0.29) is 40.9 Å². The molecule has 2 fully saturated rings. The number of hydrogen-bond acceptors (Lipinski definition) is 6. The number of ether oxygens (including phenoxy) is 3. The number of hydrogen-bond donors (Lipinski definition) is 1. The summed E-state index contributed by atoms with van der Waals surface area (Å²) in [5.41, 5.74) is 3.21. The maximum Gasteiger partial charge on any atom is 0.295 e. The van der Waals surface area contributed by atoms with Crippen molar-refractivity contribution in [1.29, 1.82) is 0 Å². The van der Waals surface area contributed by atoms with E-state index < -0.39 is 11.6 Å². The van der Waals surface area contributed by atoms with E-state index in [1.807, 2.05) is 36.4 Å². The number of rotatable bonds is 5. The lowest BCUT2D eigenvalue weighted by Crippen LogP contribution is -2.32. The highest BCUT2D eigenvalue weighted by Crippen LogP contribution is 2.34. The summed E-state index contributed by atoms with van der Waals surface area (Å²) >= 11 is 0. The van der Waals surface area contributed by atoms with Gasteiger partial charge in [-0.3, -0.25) is 0 Å². The molecule has 10 heteroatoms. The van der Waals surface area contributed by atoms with Crippen LogP contribution in [0.4, 0.5) is 8.78 Å². The zero-order valence-electron chi connectivity index (χ0n) is 19.5. The van der Waals surface area contributed by atoms with Crippen molar-refractivity contribution < 1.29 is 23.0 Å². The molecule has 2 aromatic heterocycles. The Labute approximate surface area is 209 Å². The molecule has 7 rings (SSSR count). The van der Waals surface area contributed by atoms with Crippen molar-refractivity contribution in [2.45, 2.75) is 24.7 Å². The van der Waals surface area contributed by atoms with Gasteiger partial charge in [0.1, 0.15) is 17.4 Å². The molecule has 186 valence electrons. The van der Waals surface area contributed by atoms with Crippen LogP contribution in [0, 0.1) is 11.6 Å². The summed E-state index contributed by atoms with van der Waals surface area (Å²) in [5, 5.41) is 8.24. The van der Waals surface area contributed by atoms with Crippen molar-refractivity contribution in [1.82, 2.24) is 25.0 Å². The highest BCUT2D eigenvalue weighted by Gasteiger charge is 2.43. The molecule has 37 heavy (non-hydrogen) atoms. The van der Waals surface area contributed by atoms with Gasteiger partial charge in [-0.2, -0.15) is 20.0 Å².